The Kier molecular flexibility index (Phi) is 5.69. The summed E-state index contributed by atoms with van der Waals surface area (Å²) in [7, 11) is 3.89. The number of likely N-dealkylation sites (N-methyl/N-ethyl adjacent to an activating group) is 1. The molecule has 2 aromatic heterocycles. The minimum absolute atomic E-state index is 0.0241. The van der Waals surface area contributed by atoms with E-state index in [4.69, 9.17) is 16.0 Å². The van der Waals surface area contributed by atoms with Crippen LogP contribution in [-0.2, 0) is 17.8 Å². The number of carbonyl (C=O) groups is 1. The van der Waals surface area contributed by atoms with Gasteiger partial charge < -0.3 is 19.5 Å². The molecule has 9 heteroatoms. The van der Waals surface area contributed by atoms with Crippen molar-refractivity contribution in [3.05, 3.63) is 58.8 Å². The molecule has 0 radical (unpaired) electrons. The third kappa shape index (κ3) is 4.15. The molecule has 1 amide bonds. The van der Waals surface area contributed by atoms with Gasteiger partial charge in [0.05, 0.1) is 17.0 Å². The first-order valence-electron chi connectivity index (χ1n) is 9.50. The smallest absolute Gasteiger partial charge is 0.246 e. The third-order valence-electron chi connectivity index (χ3n) is 4.86. The highest BCUT2D eigenvalue weighted by Crippen LogP contribution is 2.34. The first-order valence-corrected chi connectivity index (χ1v) is 9.87. The maximum atomic E-state index is 13.4. The summed E-state index contributed by atoms with van der Waals surface area (Å²) in [4.78, 5) is 24.8. The number of nitrogens with one attached hydrogen (secondary N) is 1. The molecular weight excluding hydrogens is 409 g/mol. The van der Waals surface area contributed by atoms with Crippen LogP contribution in [0.25, 0.3) is 11.1 Å². The number of rotatable bonds is 5. The minimum atomic E-state index is -0.486. The third-order valence-corrected chi connectivity index (χ3v) is 5.15. The lowest BCUT2D eigenvalue weighted by molar-refractivity contribution is -0.127. The van der Waals surface area contributed by atoms with Crippen molar-refractivity contribution in [3.63, 3.8) is 0 Å². The first-order chi connectivity index (χ1) is 14.4. The fourth-order valence-electron chi connectivity index (χ4n) is 3.39. The summed E-state index contributed by atoms with van der Waals surface area (Å²) >= 11 is 5.88. The zero-order valence-corrected chi connectivity index (χ0v) is 17.4. The monoisotopic (exact) mass is 429 g/mol. The van der Waals surface area contributed by atoms with Crippen LogP contribution in [0.3, 0.4) is 0 Å². The van der Waals surface area contributed by atoms with Gasteiger partial charge >= 0.3 is 0 Å². The van der Waals surface area contributed by atoms with Crippen molar-refractivity contribution in [1.29, 1.82) is 0 Å². The summed E-state index contributed by atoms with van der Waals surface area (Å²) in [5, 5.41) is 3.96. The van der Waals surface area contributed by atoms with Gasteiger partial charge in [0, 0.05) is 30.4 Å². The standard InChI is InChI=1S/C21H21ClFN5O2/c1-27(2)8-3-4-18(29)28-9-7-14-17(11-28)30-21-19(14)20(24-12-25-21)26-13-5-6-16(23)15(22)10-13/h3-6,10,12H,7-9,11H2,1-2H3,(H,24,25,26)/b4-3+. The zero-order chi connectivity index (χ0) is 21.3. The molecule has 4 rings (SSSR count). The Balaban J connectivity index is 1.59. The summed E-state index contributed by atoms with van der Waals surface area (Å²) < 4.78 is 19.4. The van der Waals surface area contributed by atoms with Crippen molar-refractivity contribution < 1.29 is 13.6 Å². The van der Waals surface area contributed by atoms with E-state index in [2.05, 4.69) is 15.3 Å². The van der Waals surface area contributed by atoms with E-state index in [1.807, 2.05) is 25.1 Å². The van der Waals surface area contributed by atoms with Crippen LogP contribution in [0.5, 0.6) is 0 Å². The molecule has 1 aliphatic heterocycles. The fraction of sp³-hybridized carbons (Fsp3) is 0.286. The first kappa shape index (κ1) is 20.3. The molecule has 1 aromatic carbocycles. The molecule has 7 nitrogen and oxygen atoms in total. The molecular formula is C21H21ClFN5O2. The molecule has 1 N–H and O–H groups in total. The zero-order valence-electron chi connectivity index (χ0n) is 16.7. The Hall–Kier alpha value is -2.97. The van der Waals surface area contributed by atoms with Crippen LogP contribution in [0.4, 0.5) is 15.9 Å². The summed E-state index contributed by atoms with van der Waals surface area (Å²) in [6, 6.07) is 4.38. The van der Waals surface area contributed by atoms with Gasteiger partial charge in [-0.2, -0.15) is 0 Å². The number of fused-ring (bicyclic) bond motifs is 3. The molecule has 0 fully saturated rings. The average Bonchev–Trinajstić information content (AvgIpc) is 3.09. The van der Waals surface area contributed by atoms with Gasteiger partial charge in [-0.3, -0.25) is 4.79 Å². The van der Waals surface area contributed by atoms with E-state index < -0.39 is 5.82 Å². The van der Waals surface area contributed by atoms with Gasteiger partial charge in [-0.25, -0.2) is 14.4 Å². The predicted octanol–water partition coefficient (Wildman–Crippen LogP) is 3.76. The Bertz CT molecular complexity index is 1130. The second-order valence-corrected chi connectivity index (χ2v) is 7.74. The second-order valence-electron chi connectivity index (χ2n) is 7.33. The maximum absolute atomic E-state index is 13.4. The number of aromatic nitrogens is 2. The molecule has 156 valence electrons. The summed E-state index contributed by atoms with van der Waals surface area (Å²) in [5.41, 5.74) is 2.03. The molecule has 3 aromatic rings. The van der Waals surface area contributed by atoms with Gasteiger partial charge in [-0.1, -0.05) is 17.7 Å². The number of hydrogen-bond donors (Lipinski definition) is 1. The lowest BCUT2D eigenvalue weighted by Gasteiger charge is -2.25. The molecule has 0 aliphatic carbocycles. The van der Waals surface area contributed by atoms with Crippen molar-refractivity contribution >= 4 is 40.1 Å². The van der Waals surface area contributed by atoms with Crippen LogP contribution in [0.15, 0.2) is 41.1 Å². The highest BCUT2D eigenvalue weighted by molar-refractivity contribution is 6.31. The second kappa shape index (κ2) is 8.41. The highest BCUT2D eigenvalue weighted by Gasteiger charge is 2.27. The van der Waals surface area contributed by atoms with Crippen molar-refractivity contribution in [2.45, 2.75) is 13.0 Å². The van der Waals surface area contributed by atoms with Crippen molar-refractivity contribution in [2.24, 2.45) is 0 Å². The van der Waals surface area contributed by atoms with Crippen LogP contribution >= 0.6 is 11.6 Å². The average molecular weight is 430 g/mol. The predicted molar refractivity (Wildman–Crippen MR) is 113 cm³/mol. The number of anilines is 2. The molecule has 0 atom stereocenters. The lowest BCUT2D eigenvalue weighted by Crippen LogP contribution is -2.34. The van der Waals surface area contributed by atoms with Crippen LogP contribution in [0.1, 0.15) is 11.3 Å². The van der Waals surface area contributed by atoms with E-state index in [0.29, 0.717) is 49.0 Å². The number of nitrogens with zero attached hydrogens (tertiary/aromatic N) is 4. The van der Waals surface area contributed by atoms with Crippen molar-refractivity contribution in [1.82, 2.24) is 19.8 Å². The van der Waals surface area contributed by atoms with E-state index in [1.54, 1.807) is 17.0 Å². The van der Waals surface area contributed by atoms with Gasteiger partial charge in [0.25, 0.3) is 0 Å². The highest BCUT2D eigenvalue weighted by atomic mass is 35.5. The molecule has 0 unspecified atom stereocenters. The molecule has 3 heterocycles. The summed E-state index contributed by atoms with van der Waals surface area (Å²) in [5.74, 6) is 0.720. The number of furan rings is 1. The van der Waals surface area contributed by atoms with E-state index in [9.17, 15) is 9.18 Å². The van der Waals surface area contributed by atoms with Gasteiger partial charge in [0.15, 0.2) is 0 Å². The fourth-order valence-corrected chi connectivity index (χ4v) is 3.57. The van der Waals surface area contributed by atoms with E-state index >= 15 is 0 Å². The molecule has 30 heavy (non-hydrogen) atoms. The number of carbonyl (C=O) groups excluding carboxylic acids is 1. The summed E-state index contributed by atoms with van der Waals surface area (Å²) in [6.07, 6.45) is 5.47. The lowest BCUT2D eigenvalue weighted by atomic mass is 10.0. The Labute approximate surface area is 178 Å². The SMILES string of the molecule is CN(C)C/C=C/C(=O)N1CCc2c(oc3ncnc(Nc4ccc(F)c(Cl)c4)c23)C1. The van der Waals surface area contributed by atoms with Gasteiger partial charge in [-0.15, -0.1) is 0 Å². The number of amides is 1. The molecule has 0 spiro atoms. The van der Waals surface area contributed by atoms with Crippen LogP contribution in [-0.4, -0.2) is 52.9 Å². The molecule has 0 saturated heterocycles. The van der Waals surface area contributed by atoms with E-state index in [1.165, 1.54) is 18.5 Å². The van der Waals surface area contributed by atoms with Crippen LogP contribution in [0.2, 0.25) is 5.02 Å². The molecule has 0 bridgehead atoms. The number of halogens is 2. The maximum Gasteiger partial charge on any atom is 0.246 e. The van der Waals surface area contributed by atoms with Gasteiger partial charge in [0.1, 0.15) is 23.7 Å². The van der Waals surface area contributed by atoms with Crippen LogP contribution < -0.4 is 5.32 Å². The number of hydrogen-bond acceptors (Lipinski definition) is 6. The van der Waals surface area contributed by atoms with Gasteiger partial charge in [-0.05, 0) is 38.7 Å². The topological polar surface area (TPSA) is 74.5 Å². The number of benzene rings is 1. The minimum Gasteiger partial charge on any atom is -0.440 e. The summed E-state index contributed by atoms with van der Waals surface area (Å²) in [6.45, 7) is 1.65. The Morgan fingerprint density at radius 2 is 2.23 bits per heavy atom. The van der Waals surface area contributed by atoms with Crippen molar-refractivity contribution in [2.75, 3.05) is 32.5 Å². The van der Waals surface area contributed by atoms with Gasteiger partial charge in [0.2, 0.25) is 11.6 Å². The Morgan fingerprint density at radius 1 is 1.40 bits per heavy atom. The van der Waals surface area contributed by atoms with E-state index in [0.717, 1.165) is 10.9 Å². The molecule has 1 aliphatic rings. The molecule has 0 saturated carbocycles. The quantitative estimate of drug-likeness (QED) is 0.622. The van der Waals surface area contributed by atoms with Crippen LogP contribution in [0, 0.1) is 5.82 Å². The van der Waals surface area contributed by atoms with E-state index in [-0.39, 0.29) is 10.9 Å². The normalized spacial score (nSPS) is 14.0. The van der Waals surface area contributed by atoms with Crippen molar-refractivity contribution in [3.8, 4) is 0 Å². The largest absolute Gasteiger partial charge is 0.440 e. The Morgan fingerprint density at radius 3 is 3.00 bits per heavy atom.